The predicted molar refractivity (Wildman–Crippen MR) is 66.7 cm³/mol. The molecule has 1 aromatic heterocycles. The molecule has 6 heteroatoms. The average molecular weight is 237 g/mol. The van der Waals surface area contributed by atoms with Gasteiger partial charge in [-0.25, -0.2) is 10.8 Å². The molecule has 1 aliphatic rings. The Kier molecular flexibility index (Phi) is 4.11. The number of aromatic nitrogens is 2. The highest BCUT2D eigenvalue weighted by atomic mass is 16.5. The highest BCUT2D eigenvalue weighted by molar-refractivity contribution is 5.41. The van der Waals surface area contributed by atoms with Gasteiger partial charge in [0.1, 0.15) is 5.82 Å². The van der Waals surface area contributed by atoms with E-state index in [1.165, 1.54) is 6.42 Å². The number of anilines is 2. The molecule has 2 rings (SSSR count). The molecule has 0 radical (unpaired) electrons. The minimum atomic E-state index is 0.439. The second kappa shape index (κ2) is 5.79. The highest BCUT2D eigenvalue weighted by Crippen LogP contribution is 2.17. The molecule has 0 aliphatic carbocycles. The maximum absolute atomic E-state index is 5.47. The largest absolute Gasteiger partial charge is 0.381 e. The van der Waals surface area contributed by atoms with Crippen molar-refractivity contribution in [3.63, 3.8) is 0 Å². The number of nitrogens with one attached hydrogen (secondary N) is 1. The zero-order chi connectivity index (χ0) is 12.1. The maximum Gasteiger partial charge on any atom is 0.239 e. The Labute approximate surface area is 101 Å². The van der Waals surface area contributed by atoms with Crippen LogP contribution in [0.4, 0.5) is 11.8 Å². The quantitative estimate of drug-likeness (QED) is 0.590. The summed E-state index contributed by atoms with van der Waals surface area (Å²) in [5.41, 5.74) is 2.45. The van der Waals surface area contributed by atoms with Gasteiger partial charge in [0.15, 0.2) is 0 Å². The molecule has 0 amide bonds. The highest BCUT2D eigenvalue weighted by Gasteiger charge is 2.16. The zero-order valence-corrected chi connectivity index (χ0v) is 10.1. The fourth-order valence-corrected chi connectivity index (χ4v) is 2.06. The fourth-order valence-electron chi connectivity index (χ4n) is 2.06. The molecule has 17 heavy (non-hydrogen) atoms. The average Bonchev–Trinajstić information content (AvgIpc) is 2.40. The van der Waals surface area contributed by atoms with Gasteiger partial charge >= 0.3 is 0 Å². The molecule has 2 heterocycles. The molecule has 1 unspecified atom stereocenters. The van der Waals surface area contributed by atoms with Gasteiger partial charge in [0.05, 0.1) is 6.61 Å². The Hall–Kier alpha value is -1.40. The number of hydrogen-bond acceptors (Lipinski definition) is 6. The lowest BCUT2D eigenvalue weighted by molar-refractivity contribution is 0.0576. The summed E-state index contributed by atoms with van der Waals surface area (Å²) < 4.78 is 5.47. The smallest absolute Gasteiger partial charge is 0.239 e. The summed E-state index contributed by atoms with van der Waals surface area (Å²) in [6.07, 6.45) is 4.07. The van der Waals surface area contributed by atoms with Gasteiger partial charge in [-0.15, -0.1) is 0 Å². The van der Waals surface area contributed by atoms with Crippen LogP contribution >= 0.6 is 0 Å². The van der Waals surface area contributed by atoms with Crippen molar-refractivity contribution < 1.29 is 4.74 Å². The summed E-state index contributed by atoms with van der Waals surface area (Å²) in [5.74, 6) is 7.18. The molecular weight excluding hydrogens is 218 g/mol. The predicted octanol–water partition coefficient (Wildman–Crippen LogP) is 0.625. The van der Waals surface area contributed by atoms with E-state index in [0.29, 0.717) is 11.9 Å². The van der Waals surface area contributed by atoms with Crippen molar-refractivity contribution in [3.05, 3.63) is 12.3 Å². The van der Waals surface area contributed by atoms with Crippen LogP contribution in [0.2, 0.25) is 0 Å². The zero-order valence-electron chi connectivity index (χ0n) is 10.1. The molecule has 1 aliphatic heterocycles. The third kappa shape index (κ3) is 3.28. The van der Waals surface area contributed by atoms with Gasteiger partial charge in [0.2, 0.25) is 5.95 Å². The molecule has 0 bridgehead atoms. The van der Waals surface area contributed by atoms with Gasteiger partial charge in [0.25, 0.3) is 0 Å². The third-order valence-electron chi connectivity index (χ3n) is 2.95. The number of rotatable bonds is 4. The Morgan fingerprint density at radius 3 is 3.24 bits per heavy atom. The number of nitrogens with two attached hydrogens (primary N) is 1. The normalized spacial score (nSPS) is 20.0. The summed E-state index contributed by atoms with van der Waals surface area (Å²) >= 11 is 0. The Bertz CT molecular complexity index is 353. The van der Waals surface area contributed by atoms with Crippen LogP contribution < -0.4 is 16.2 Å². The van der Waals surface area contributed by atoms with Crippen LogP contribution in [0.5, 0.6) is 0 Å². The van der Waals surface area contributed by atoms with E-state index in [4.69, 9.17) is 10.6 Å². The lowest BCUT2D eigenvalue weighted by atomic mass is 10.0. The first-order valence-corrected chi connectivity index (χ1v) is 5.88. The third-order valence-corrected chi connectivity index (χ3v) is 2.95. The SMILES string of the molecule is CN(CC1CCCOC1)c1ccnc(NN)n1. The first-order valence-electron chi connectivity index (χ1n) is 5.88. The van der Waals surface area contributed by atoms with Gasteiger partial charge in [-0.05, 0) is 24.8 Å². The second-order valence-electron chi connectivity index (χ2n) is 4.35. The molecule has 3 N–H and O–H groups in total. The molecule has 94 valence electrons. The number of nitrogens with zero attached hydrogens (tertiary/aromatic N) is 3. The van der Waals surface area contributed by atoms with E-state index in [-0.39, 0.29) is 0 Å². The summed E-state index contributed by atoms with van der Waals surface area (Å²) in [5, 5.41) is 0. The van der Waals surface area contributed by atoms with E-state index >= 15 is 0 Å². The van der Waals surface area contributed by atoms with Crippen molar-refractivity contribution in [1.29, 1.82) is 0 Å². The lowest BCUT2D eigenvalue weighted by Gasteiger charge is -2.27. The summed E-state index contributed by atoms with van der Waals surface area (Å²) in [4.78, 5) is 10.4. The summed E-state index contributed by atoms with van der Waals surface area (Å²) in [7, 11) is 2.03. The van der Waals surface area contributed by atoms with E-state index in [2.05, 4.69) is 20.3 Å². The molecule has 1 aromatic rings. The van der Waals surface area contributed by atoms with Gasteiger partial charge in [0, 0.05) is 26.4 Å². The van der Waals surface area contributed by atoms with Crippen LogP contribution in [-0.4, -0.2) is 36.8 Å². The lowest BCUT2D eigenvalue weighted by Crippen LogP contribution is -2.31. The van der Waals surface area contributed by atoms with E-state index in [9.17, 15) is 0 Å². The first-order chi connectivity index (χ1) is 8.29. The van der Waals surface area contributed by atoms with Crippen LogP contribution in [0.25, 0.3) is 0 Å². The van der Waals surface area contributed by atoms with Crippen molar-refractivity contribution in [3.8, 4) is 0 Å². The van der Waals surface area contributed by atoms with E-state index in [1.54, 1.807) is 6.20 Å². The summed E-state index contributed by atoms with van der Waals surface area (Å²) in [6, 6.07) is 1.88. The van der Waals surface area contributed by atoms with Gasteiger partial charge in [-0.1, -0.05) is 0 Å². The molecule has 6 nitrogen and oxygen atoms in total. The molecular formula is C11H19N5O. The van der Waals surface area contributed by atoms with Crippen molar-refractivity contribution in [1.82, 2.24) is 9.97 Å². The van der Waals surface area contributed by atoms with Crippen molar-refractivity contribution in [2.75, 3.05) is 37.1 Å². The second-order valence-corrected chi connectivity index (χ2v) is 4.35. The van der Waals surface area contributed by atoms with Gasteiger partial charge < -0.3 is 9.64 Å². The molecule has 1 fully saturated rings. The Morgan fingerprint density at radius 1 is 1.65 bits per heavy atom. The van der Waals surface area contributed by atoms with Gasteiger partial charge in [-0.2, -0.15) is 4.98 Å². The van der Waals surface area contributed by atoms with E-state index in [0.717, 1.165) is 32.0 Å². The molecule has 0 spiro atoms. The molecule has 1 saturated heterocycles. The van der Waals surface area contributed by atoms with Crippen LogP contribution in [0.3, 0.4) is 0 Å². The van der Waals surface area contributed by atoms with Crippen LogP contribution in [0.1, 0.15) is 12.8 Å². The first kappa shape index (κ1) is 12.1. The van der Waals surface area contributed by atoms with Crippen molar-refractivity contribution >= 4 is 11.8 Å². The summed E-state index contributed by atoms with van der Waals surface area (Å²) in [6.45, 7) is 2.69. The van der Waals surface area contributed by atoms with Crippen LogP contribution in [0, 0.1) is 5.92 Å². The monoisotopic (exact) mass is 237 g/mol. The minimum absolute atomic E-state index is 0.439. The minimum Gasteiger partial charge on any atom is -0.381 e. The number of hydrogen-bond donors (Lipinski definition) is 2. The van der Waals surface area contributed by atoms with E-state index < -0.39 is 0 Å². The number of nitrogen functional groups attached to an aromatic ring is 1. The molecule has 0 saturated carbocycles. The maximum atomic E-state index is 5.47. The van der Waals surface area contributed by atoms with E-state index in [1.807, 2.05) is 13.1 Å². The number of ether oxygens (including phenoxy) is 1. The van der Waals surface area contributed by atoms with Gasteiger partial charge in [-0.3, -0.25) is 5.43 Å². The Morgan fingerprint density at radius 2 is 2.53 bits per heavy atom. The number of hydrazine groups is 1. The standard InChI is InChI=1S/C11H19N5O/c1-16(7-9-3-2-6-17-8-9)10-4-5-13-11(14-10)15-12/h4-5,9H,2-3,6-8,12H2,1H3,(H,13,14,15). The molecule has 0 aromatic carbocycles. The topological polar surface area (TPSA) is 76.3 Å². The van der Waals surface area contributed by atoms with Crippen LogP contribution in [0.15, 0.2) is 12.3 Å². The van der Waals surface area contributed by atoms with Crippen LogP contribution in [-0.2, 0) is 4.74 Å². The fraction of sp³-hybridized carbons (Fsp3) is 0.636. The Balaban J connectivity index is 1.95. The van der Waals surface area contributed by atoms with Crippen molar-refractivity contribution in [2.45, 2.75) is 12.8 Å². The van der Waals surface area contributed by atoms with Crippen molar-refractivity contribution in [2.24, 2.45) is 11.8 Å². The molecule has 1 atom stereocenters.